The maximum Gasteiger partial charge on any atom is 0.416 e. The lowest BCUT2D eigenvalue weighted by atomic mass is 9.83. The van der Waals surface area contributed by atoms with Crippen LogP contribution in [0.25, 0.3) is 0 Å². The Morgan fingerprint density at radius 2 is 1.88 bits per heavy atom. The van der Waals surface area contributed by atoms with Crippen LogP contribution >= 0.6 is 0 Å². The van der Waals surface area contributed by atoms with Crippen molar-refractivity contribution in [2.24, 2.45) is 5.73 Å². The second-order valence-corrected chi connectivity index (χ2v) is 7.07. The van der Waals surface area contributed by atoms with Gasteiger partial charge in [-0.1, -0.05) is 18.2 Å². The van der Waals surface area contributed by atoms with Gasteiger partial charge < -0.3 is 15.4 Å². The predicted octanol–water partition coefficient (Wildman–Crippen LogP) is 3.76. The lowest BCUT2D eigenvalue weighted by molar-refractivity contribution is -0.138. The number of benzene rings is 1. The van der Waals surface area contributed by atoms with Crippen molar-refractivity contribution in [2.75, 3.05) is 13.1 Å². The molecule has 1 amide bonds. The number of hydrogen-bond donors (Lipinski definition) is 1. The molecule has 0 saturated carbocycles. The van der Waals surface area contributed by atoms with E-state index >= 15 is 0 Å². The first-order valence-corrected chi connectivity index (χ1v) is 7.88. The molecule has 2 rings (SSSR count). The molecule has 134 valence electrons. The minimum absolute atomic E-state index is 0.172. The van der Waals surface area contributed by atoms with Crippen LogP contribution in [-0.2, 0) is 10.9 Å². The zero-order valence-electron chi connectivity index (χ0n) is 14.1. The minimum Gasteiger partial charge on any atom is -0.444 e. The fourth-order valence-electron chi connectivity index (χ4n) is 2.94. The number of nitrogens with two attached hydrogens (primary N) is 1. The highest BCUT2D eigenvalue weighted by molar-refractivity contribution is 5.68. The van der Waals surface area contributed by atoms with Crippen LogP contribution in [0.5, 0.6) is 0 Å². The van der Waals surface area contributed by atoms with Gasteiger partial charge in [0.05, 0.1) is 5.56 Å². The van der Waals surface area contributed by atoms with E-state index in [9.17, 15) is 18.0 Å². The number of carbonyl (C=O) groups excluding carboxylic acids is 1. The number of nitrogens with zero attached hydrogens (tertiary/aromatic N) is 1. The molecule has 0 aliphatic carbocycles. The number of hydrogen-bond acceptors (Lipinski definition) is 3. The van der Waals surface area contributed by atoms with Gasteiger partial charge in [0.2, 0.25) is 0 Å². The number of carbonyl (C=O) groups is 1. The second-order valence-electron chi connectivity index (χ2n) is 7.07. The van der Waals surface area contributed by atoms with E-state index in [-0.39, 0.29) is 12.1 Å². The van der Waals surface area contributed by atoms with Gasteiger partial charge in [-0.15, -0.1) is 0 Å². The van der Waals surface area contributed by atoms with E-state index < -0.39 is 35.4 Å². The molecule has 1 aromatic rings. The van der Waals surface area contributed by atoms with Crippen molar-refractivity contribution in [3.8, 4) is 0 Å². The number of piperidine rings is 1. The number of ether oxygens (including phenoxy) is 1. The Kier molecular flexibility index (Phi) is 5.13. The van der Waals surface area contributed by atoms with Crippen molar-refractivity contribution in [1.82, 2.24) is 4.90 Å². The quantitative estimate of drug-likeness (QED) is 0.844. The molecule has 0 spiro atoms. The molecule has 2 atom stereocenters. The first kappa shape index (κ1) is 18.6. The van der Waals surface area contributed by atoms with Crippen molar-refractivity contribution < 1.29 is 22.7 Å². The van der Waals surface area contributed by atoms with Gasteiger partial charge >= 0.3 is 12.3 Å². The molecular formula is C17H23F3N2O2. The normalized spacial score (nSPS) is 22.4. The van der Waals surface area contributed by atoms with Crippen LogP contribution in [0.4, 0.5) is 18.0 Å². The Labute approximate surface area is 139 Å². The van der Waals surface area contributed by atoms with E-state index in [2.05, 4.69) is 0 Å². The van der Waals surface area contributed by atoms with Crippen molar-refractivity contribution >= 4 is 6.09 Å². The Balaban J connectivity index is 2.14. The third-order valence-corrected chi connectivity index (χ3v) is 3.98. The number of amides is 1. The maximum atomic E-state index is 13.2. The standard InChI is InChI=1S/C17H23F3N2O2/c1-16(2,3)24-15(23)22-9-8-12(14(21)10-22)11-6-4-5-7-13(11)17(18,19)20/h4-7,12,14H,8-10,21H2,1-3H3/t12-,14+/m1/s1. The van der Waals surface area contributed by atoms with Crippen LogP contribution in [0.3, 0.4) is 0 Å². The van der Waals surface area contributed by atoms with E-state index in [4.69, 9.17) is 10.5 Å². The Morgan fingerprint density at radius 1 is 1.25 bits per heavy atom. The molecule has 0 aromatic heterocycles. The second kappa shape index (κ2) is 6.63. The van der Waals surface area contributed by atoms with Crippen LogP contribution in [0.2, 0.25) is 0 Å². The van der Waals surface area contributed by atoms with Gasteiger partial charge in [0.15, 0.2) is 0 Å². The highest BCUT2D eigenvalue weighted by Gasteiger charge is 2.39. The van der Waals surface area contributed by atoms with Crippen LogP contribution in [0, 0.1) is 0 Å². The molecule has 2 N–H and O–H groups in total. The summed E-state index contributed by atoms with van der Waals surface area (Å²) in [7, 11) is 0. The minimum atomic E-state index is -4.42. The monoisotopic (exact) mass is 344 g/mol. The van der Waals surface area contributed by atoms with Gasteiger partial charge in [-0.05, 0) is 38.8 Å². The summed E-state index contributed by atoms with van der Waals surface area (Å²) in [5, 5.41) is 0. The summed E-state index contributed by atoms with van der Waals surface area (Å²) >= 11 is 0. The van der Waals surface area contributed by atoms with E-state index in [1.54, 1.807) is 26.8 Å². The molecule has 0 unspecified atom stereocenters. The Bertz CT molecular complexity index is 596. The molecule has 4 nitrogen and oxygen atoms in total. The summed E-state index contributed by atoms with van der Waals surface area (Å²) in [6.45, 7) is 5.77. The molecule has 24 heavy (non-hydrogen) atoms. The Morgan fingerprint density at radius 3 is 2.42 bits per heavy atom. The molecule has 1 aliphatic rings. The Hall–Kier alpha value is -1.76. The predicted molar refractivity (Wildman–Crippen MR) is 84.6 cm³/mol. The average molecular weight is 344 g/mol. The first-order chi connectivity index (χ1) is 11.0. The van der Waals surface area contributed by atoms with Crippen LogP contribution in [0.1, 0.15) is 44.2 Å². The molecule has 1 saturated heterocycles. The number of halogens is 3. The zero-order chi connectivity index (χ0) is 18.1. The topological polar surface area (TPSA) is 55.6 Å². The number of alkyl halides is 3. The van der Waals surface area contributed by atoms with Crippen molar-refractivity contribution in [3.05, 3.63) is 35.4 Å². The number of likely N-dealkylation sites (tertiary alicyclic amines) is 1. The lowest BCUT2D eigenvalue weighted by Gasteiger charge is -2.38. The molecule has 1 aromatic carbocycles. The molecule has 0 bridgehead atoms. The molecular weight excluding hydrogens is 321 g/mol. The highest BCUT2D eigenvalue weighted by atomic mass is 19.4. The van der Waals surface area contributed by atoms with Crippen molar-refractivity contribution in [2.45, 2.75) is 50.9 Å². The maximum absolute atomic E-state index is 13.2. The van der Waals surface area contributed by atoms with Gasteiger partial charge in [-0.3, -0.25) is 0 Å². The summed E-state index contributed by atoms with van der Waals surface area (Å²) in [4.78, 5) is 13.6. The summed E-state index contributed by atoms with van der Waals surface area (Å²) in [6, 6.07) is 4.92. The SMILES string of the molecule is CC(C)(C)OC(=O)N1CC[C@H](c2ccccc2C(F)(F)F)[C@@H](N)C1. The third kappa shape index (κ3) is 4.41. The van der Waals surface area contributed by atoms with Gasteiger partial charge in [-0.2, -0.15) is 13.2 Å². The first-order valence-electron chi connectivity index (χ1n) is 7.88. The van der Waals surface area contributed by atoms with E-state index in [0.29, 0.717) is 13.0 Å². The van der Waals surface area contributed by atoms with Crippen molar-refractivity contribution in [1.29, 1.82) is 0 Å². The van der Waals surface area contributed by atoms with Crippen molar-refractivity contribution in [3.63, 3.8) is 0 Å². The zero-order valence-corrected chi connectivity index (χ0v) is 14.1. The summed E-state index contributed by atoms with van der Waals surface area (Å²) in [6.07, 6.45) is -4.54. The van der Waals surface area contributed by atoms with Gasteiger partial charge in [0.25, 0.3) is 0 Å². The summed E-state index contributed by atoms with van der Waals surface area (Å²) in [5.74, 6) is -0.443. The number of rotatable bonds is 1. The van der Waals surface area contributed by atoms with Crippen LogP contribution in [-0.4, -0.2) is 35.7 Å². The molecule has 1 aliphatic heterocycles. The smallest absolute Gasteiger partial charge is 0.416 e. The summed E-state index contributed by atoms with van der Waals surface area (Å²) in [5.41, 5.74) is 5.01. The average Bonchev–Trinajstić information content (AvgIpc) is 2.44. The molecule has 1 fully saturated rings. The lowest BCUT2D eigenvalue weighted by Crippen LogP contribution is -2.51. The van der Waals surface area contributed by atoms with Crippen LogP contribution < -0.4 is 5.73 Å². The molecule has 0 radical (unpaired) electrons. The largest absolute Gasteiger partial charge is 0.444 e. The van der Waals surface area contributed by atoms with Crippen LogP contribution in [0.15, 0.2) is 24.3 Å². The highest BCUT2D eigenvalue weighted by Crippen LogP contribution is 2.38. The van der Waals surface area contributed by atoms with E-state index in [1.165, 1.54) is 17.0 Å². The third-order valence-electron chi connectivity index (χ3n) is 3.98. The van der Waals surface area contributed by atoms with E-state index in [0.717, 1.165) is 6.07 Å². The fraction of sp³-hybridized carbons (Fsp3) is 0.588. The van der Waals surface area contributed by atoms with E-state index in [1.807, 2.05) is 0 Å². The van der Waals surface area contributed by atoms with Gasteiger partial charge in [0.1, 0.15) is 5.60 Å². The van der Waals surface area contributed by atoms with Gasteiger partial charge in [0, 0.05) is 25.0 Å². The van der Waals surface area contributed by atoms with Gasteiger partial charge in [-0.25, -0.2) is 4.79 Å². The molecule has 1 heterocycles. The summed E-state index contributed by atoms with van der Waals surface area (Å²) < 4.78 is 44.9. The molecule has 7 heteroatoms. The fourth-order valence-corrected chi connectivity index (χ4v) is 2.94.